The van der Waals surface area contributed by atoms with Crippen molar-refractivity contribution in [1.29, 1.82) is 0 Å². The van der Waals surface area contributed by atoms with Crippen LogP contribution in [-0.2, 0) is 11.3 Å². The predicted octanol–water partition coefficient (Wildman–Crippen LogP) is 1.94. The third-order valence-electron chi connectivity index (χ3n) is 7.08. The van der Waals surface area contributed by atoms with E-state index in [1.54, 1.807) is 67.7 Å². The number of aromatic nitrogens is 2. The molecule has 0 saturated carbocycles. The van der Waals surface area contributed by atoms with Gasteiger partial charge in [0.2, 0.25) is 5.91 Å². The highest BCUT2D eigenvalue weighted by Gasteiger charge is 2.57. The highest BCUT2D eigenvalue weighted by molar-refractivity contribution is 5.95. The molecule has 9 heteroatoms. The Morgan fingerprint density at radius 2 is 1.89 bits per heavy atom. The van der Waals surface area contributed by atoms with Gasteiger partial charge < -0.3 is 19.5 Å². The number of pyridine rings is 2. The smallest absolute Gasteiger partial charge is 0.258 e. The number of hydrogen-bond donors (Lipinski definition) is 1. The third-order valence-corrected chi connectivity index (χ3v) is 7.08. The normalized spacial score (nSPS) is 22.6. The fourth-order valence-corrected chi connectivity index (χ4v) is 5.49. The molecule has 180 valence electrons. The molecule has 0 spiro atoms. The summed E-state index contributed by atoms with van der Waals surface area (Å²) in [5, 5.41) is 10.3. The molecule has 2 amide bonds. The SMILES string of the molecule is CN(C)C(=O)[C@H]1[C@H](CO)[C@H]2Cn3c(ccc(-c4ccccc4F)c3=O)[C@@H]1N2C(=O)c1cccnc1. The summed E-state index contributed by atoms with van der Waals surface area (Å²) < 4.78 is 16.0. The second kappa shape index (κ2) is 8.74. The number of nitrogens with zero attached hydrogens (tertiary/aromatic N) is 4. The topological polar surface area (TPSA) is 95.7 Å². The Morgan fingerprint density at radius 1 is 1.11 bits per heavy atom. The zero-order chi connectivity index (χ0) is 24.9. The van der Waals surface area contributed by atoms with Gasteiger partial charge in [0.05, 0.1) is 29.1 Å². The second-order valence-electron chi connectivity index (χ2n) is 9.14. The van der Waals surface area contributed by atoms with Crippen molar-refractivity contribution in [3.05, 3.63) is 88.4 Å². The Bertz CT molecular complexity index is 1360. The maximum absolute atomic E-state index is 14.5. The van der Waals surface area contributed by atoms with Gasteiger partial charge in [0.25, 0.3) is 11.5 Å². The van der Waals surface area contributed by atoms with E-state index in [1.165, 1.54) is 21.7 Å². The molecule has 0 aliphatic carbocycles. The number of rotatable bonds is 4. The van der Waals surface area contributed by atoms with Crippen LogP contribution < -0.4 is 5.56 Å². The number of aliphatic hydroxyl groups is 1. The lowest BCUT2D eigenvalue weighted by molar-refractivity contribution is -0.135. The lowest BCUT2D eigenvalue weighted by Crippen LogP contribution is -2.49. The van der Waals surface area contributed by atoms with E-state index in [0.29, 0.717) is 11.3 Å². The van der Waals surface area contributed by atoms with Crippen LogP contribution in [-0.4, -0.2) is 63.0 Å². The molecule has 3 aromatic rings. The zero-order valence-electron chi connectivity index (χ0n) is 19.3. The molecular formula is C26H25FN4O4. The van der Waals surface area contributed by atoms with Crippen molar-refractivity contribution < 1.29 is 19.1 Å². The Kier molecular flexibility index (Phi) is 5.72. The molecule has 4 heterocycles. The van der Waals surface area contributed by atoms with Crippen LogP contribution in [0.3, 0.4) is 0 Å². The third kappa shape index (κ3) is 3.54. The molecular weight excluding hydrogens is 451 g/mol. The first kappa shape index (κ1) is 22.9. The number of carbonyl (C=O) groups is 2. The molecule has 1 fully saturated rings. The number of halogens is 1. The van der Waals surface area contributed by atoms with Gasteiger partial charge in [0, 0.05) is 56.8 Å². The number of fused-ring (bicyclic) bond motifs is 4. The highest BCUT2D eigenvalue weighted by atomic mass is 19.1. The van der Waals surface area contributed by atoms with Crippen molar-refractivity contribution in [2.45, 2.75) is 18.6 Å². The molecule has 2 aromatic heterocycles. The number of hydrogen-bond acceptors (Lipinski definition) is 5. The lowest BCUT2D eigenvalue weighted by Gasteiger charge is -2.38. The minimum atomic E-state index is -0.768. The van der Waals surface area contributed by atoms with Crippen LogP contribution in [0.5, 0.6) is 0 Å². The molecule has 2 aliphatic heterocycles. The number of benzene rings is 1. The number of amides is 2. The molecule has 0 radical (unpaired) electrons. The molecule has 1 saturated heterocycles. The van der Waals surface area contributed by atoms with Gasteiger partial charge in [-0.2, -0.15) is 0 Å². The summed E-state index contributed by atoms with van der Waals surface area (Å²) in [6.07, 6.45) is 3.02. The summed E-state index contributed by atoms with van der Waals surface area (Å²) in [4.78, 5) is 47.6. The Morgan fingerprint density at radius 3 is 2.54 bits per heavy atom. The van der Waals surface area contributed by atoms with Crippen LogP contribution in [0.25, 0.3) is 11.1 Å². The van der Waals surface area contributed by atoms with Gasteiger partial charge in [-0.1, -0.05) is 18.2 Å². The predicted molar refractivity (Wildman–Crippen MR) is 126 cm³/mol. The van der Waals surface area contributed by atoms with E-state index < -0.39 is 35.3 Å². The summed E-state index contributed by atoms with van der Waals surface area (Å²) in [5.41, 5.74) is 0.837. The highest BCUT2D eigenvalue weighted by Crippen LogP contribution is 2.49. The molecule has 2 aliphatic rings. The minimum absolute atomic E-state index is 0.0847. The molecule has 2 bridgehead atoms. The minimum Gasteiger partial charge on any atom is -0.396 e. The Labute approximate surface area is 201 Å². The van der Waals surface area contributed by atoms with Crippen LogP contribution in [0, 0.1) is 17.7 Å². The maximum atomic E-state index is 14.5. The van der Waals surface area contributed by atoms with Gasteiger partial charge in [-0.25, -0.2) is 4.39 Å². The van der Waals surface area contributed by atoms with E-state index in [4.69, 9.17) is 0 Å². The molecule has 5 rings (SSSR count). The van der Waals surface area contributed by atoms with Crippen LogP contribution in [0.1, 0.15) is 22.1 Å². The lowest BCUT2D eigenvalue weighted by atomic mass is 9.86. The van der Waals surface area contributed by atoms with Crippen LogP contribution in [0.15, 0.2) is 65.7 Å². The van der Waals surface area contributed by atoms with E-state index in [2.05, 4.69) is 4.98 Å². The van der Waals surface area contributed by atoms with Crippen molar-refractivity contribution in [2.24, 2.45) is 11.8 Å². The molecule has 1 aromatic carbocycles. The molecule has 4 atom stereocenters. The number of aliphatic hydroxyl groups excluding tert-OH is 1. The first-order chi connectivity index (χ1) is 16.8. The monoisotopic (exact) mass is 476 g/mol. The van der Waals surface area contributed by atoms with E-state index in [1.807, 2.05) is 0 Å². The Balaban J connectivity index is 1.69. The fourth-order valence-electron chi connectivity index (χ4n) is 5.49. The van der Waals surface area contributed by atoms with E-state index in [0.717, 1.165) is 0 Å². The summed E-state index contributed by atoms with van der Waals surface area (Å²) in [6, 6.07) is 11.2. The van der Waals surface area contributed by atoms with Crippen molar-refractivity contribution >= 4 is 11.8 Å². The second-order valence-corrected chi connectivity index (χ2v) is 9.14. The van der Waals surface area contributed by atoms with E-state index in [9.17, 15) is 23.9 Å². The van der Waals surface area contributed by atoms with Crippen molar-refractivity contribution in [3.63, 3.8) is 0 Å². The van der Waals surface area contributed by atoms with Gasteiger partial charge in [0.15, 0.2) is 0 Å². The van der Waals surface area contributed by atoms with Crippen LogP contribution in [0.4, 0.5) is 4.39 Å². The van der Waals surface area contributed by atoms with Crippen molar-refractivity contribution in [3.8, 4) is 11.1 Å². The first-order valence-corrected chi connectivity index (χ1v) is 11.4. The molecule has 8 nitrogen and oxygen atoms in total. The zero-order valence-corrected chi connectivity index (χ0v) is 19.3. The van der Waals surface area contributed by atoms with Gasteiger partial charge >= 0.3 is 0 Å². The Hall–Kier alpha value is -3.85. The summed E-state index contributed by atoms with van der Waals surface area (Å²) in [5.74, 6) is -2.39. The largest absolute Gasteiger partial charge is 0.396 e. The average molecular weight is 477 g/mol. The van der Waals surface area contributed by atoms with Crippen molar-refractivity contribution in [1.82, 2.24) is 19.4 Å². The average Bonchev–Trinajstić information content (AvgIpc) is 3.10. The van der Waals surface area contributed by atoms with Gasteiger partial charge in [-0.05, 0) is 30.3 Å². The number of carbonyl (C=O) groups excluding carboxylic acids is 2. The molecule has 0 unspecified atom stereocenters. The first-order valence-electron chi connectivity index (χ1n) is 11.4. The van der Waals surface area contributed by atoms with Crippen LogP contribution in [0.2, 0.25) is 0 Å². The quantitative estimate of drug-likeness (QED) is 0.621. The van der Waals surface area contributed by atoms with Crippen LogP contribution >= 0.6 is 0 Å². The van der Waals surface area contributed by atoms with Gasteiger partial charge in [-0.3, -0.25) is 19.4 Å². The molecule has 35 heavy (non-hydrogen) atoms. The summed E-state index contributed by atoms with van der Waals surface area (Å²) >= 11 is 0. The van der Waals surface area contributed by atoms with Crippen molar-refractivity contribution in [2.75, 3.05) is 20.7 Å². The molecule has 1 N–H and O–H groups in total. The van der Waals surface area contributed by atoms with Gasteiger partial charge in [0.1, 0.15) is 5.82 Å². The summed E-state index contributed by atoms with van der Waals surface area (Å²) in [6.45, 7) is -0.244. The summed E-state index contributed by atoms with van der Waals surface area (Å²) in [7, 11) is 3.25. The maximum Gasteiger partial charge on any atom is 0.258 e. The van der Waals surface area contributed by atoms with E-state index in [-0.39, 0.29) is 36.1 Å². The fraction of sp³-hybridized carbons (Fsp3) is 0.308. The standard InChI is InChI=1S/C26H25FN4O4/c1-29(2)26(35)22-18(14-32)21-13-30-20(23(22)31(21)24(33)15-6-5-11-28-12-15)10-9-17(25(30)34)16-7-3-4-8-19(16)27/h3-12,18,21-23,32H,13-14H2,1-2H3/t18-,21-,22+,23+/m1/s1. The van der Waals surface area contributed by atoms with E-state index >= 15 is 0 Å². The van der Waals surface area contributed by atoms with Gasteiger partial charge in [-0.15, -0.1) is 0 Å².